The second-order valence-corrected chi connectivity index (χ2v) is 12.3. The largest absolute Gasteiger partial charge is 0.444 e. The Balaban J connectivity index is 1.46. The molecule has 1 aliphatic heterocycles. The molecular formula is C25H35N3O5S. The minimum atomic E-state index is -4.06. The van der Waals surface area contributed by atoms with Crippen molar-refractivity contribution in [1.29, 1.82) is 0 Å². The van der Waals surface area contributed by atoms with Crippen LogP contribution in [0.5, 0.6) is 0 Å². The van der Waals surface area contributed by atoms with Gasteiger partial charge in [0.15, 0.2) is 0 Å². The normalized spacial score (nSPS) is 22.1. The molecule has 34 heavy (non-hydrogen) atoms. The van der Waals surface area contributed by atoms with Crippen molar-refractivity contribution in [1.82, 2.24) is 9.62 Å². The van der Waals surface area contributed by atoms with E-state index in [9.17, 15) is 18.0 Å². The van der Waals surface area contributed by atoms with Gasteiger partial charge in [0.2, 0.25) is 0 Å². The second-order valence-electron chi connectivity index (χ2n) is 10.7. The summed E-state index contributed by atoms with van der Waals surface area (Å²) in [5.74, 6) is 0. The van der Waals surface area contributed by atoms with Crippen molar-refractivity contribution in [2.24, 2.45) is 0 Å². The topological polar surface area (TPSA) is 105 Å². The summed E-state index contributed by atoms with van der Waals surface area (Å²) in [5.41, 5.74) is 4.12. The Bertz CT molecular complexity index is 1100. The van der Waals surface area contributed by atoms with Crippen LogP contribution < -0.4 is 10.0 Å². The van der Waals surface area contributed by atoms with Crippen molar-refractivity contribution >= 4 is 27.8 Å². The van der Waals surface area contributed by atoms with E-state index in [1.807, 2.05) is 0 Å². The van der Waals surface area contributed by atoms with Gasteiger partial charge in [-0.1, -0.05) is 6.07 Å². The van der Waals surface area contributed by atoms with E-state index in [4.69, 9.17) is 4.74 Å². The zero-order valence-electron chi connectivity index (χ0n) is 20.5. The van der Waals surface area contributed by atoms with Gasteiger partial charge in [0.25, 0.3) is 10.0 Å². The van der Waals surface area contributed by atoms with Crippen LogP contribution in [0.25, 0.3) is 0 Å². The summed E-state index contributed by atoms with van der Waals surface area (Å²) < 4.78 is 33.0. The van der Waals surface area contributed by atoms with Gasteiger partial charge in [-0.25, -0.2) is 22.7 Å². The van der Waals surface area contributed by atoms with Gasteiger partial charge in [-0.15, -0.1) is 0 Å². The van der Waals surface area contributed by atoms with Crippen molar-refractivity contribution in [3.05, 3.63) is 39.8 Å². The number of fused-ring (bicyclic) bond motifs is 2. The number of sulfonamides is 1. The molecule has 2 aliphatic carbocycles. The molecule has 2 N–H and O–H groups in total. The highest BCUT2D eigenvalue weighted by Gasteiger charge is 2.40. The molecule has 0 saturated carbocycles. The van der Waals surface area contributed by atoms with Crippen LogP contribution in [-0.2, 0) is 40.4 Å². The van der Waals surface area contributed by atoms with Crippen molar-refractivity contribution in [3.8, 4) is 0 Å². The molecule has 1 aromatic carbocycles. The van der Waals surface area contributed by atoms with E-state index in [1.165, 1.54) is 17.2 Å². The van der Waals surface area contributed by atoms with Crippen LogP contribution in [0.1, 0.15) is 75.6 Å². The molecule has 0 unspecified atom stereocenters. The SMILES string of the molecule is CC(C)(C)OC(=O)N1CCC[C@]1(C)/C=C/S(=O)(=O)NC(=O)Nc1c2c(cc3c1CCC3)CCC2. The summed E-state index contributed by atoms with van der Waals surface area (Å²) in [6, 6.07) is 1.49. The molecule has 0 bridgehead atoms. The highest BCUT2D eigenvalue weighted by Crippen LogP contribution is 2.38. The van der Waals surface area contributed by atoms with Gasteiger partial charge in [-0.3, -0.25) is 4.90 Å². The molecule has 1 saturated heterocycles. The second kappa shape index (κ2) is 8.91. The number of urea groups is 1. The summed E-state index contributed by atoms with van der Waals surface area (Å²) in [4.78, 5) is 26.9. The maximum atomic E-state index is 12.7. The van der Waals surface area contributed by atoms with Crippen LogP contribution in [0, 0.1) is 0 Å². The van der Waals surface area contributed by atoms with Crippen LogP contribution in [-0.4, -0.2) is 43.1 Å². The third kappa shape index (κ3) is 5.24. The quantitative estimate of drug-likeness (QED) is 0.651. The molecule has 1 fully saturated rings. The lowest BCUT2D eigenvalue weighted by Gasteiger charge is -2.34. The smallest absolute Gasteiger partial charge is 0.410 e. The minimum Gasteiger partial charge on any atom is -0.444 e. The standard InChI is InChI=1S/C25H35N3O5S/c1-24(2,3)33-23(30)28-14-7-12-25(28,4)13-15-34(31,32)27-22(29)26-21-19-10-5-8-17(19)16-18-9-6-11-20(18)21/h13,15-16H,5-12,14H2,1-4H3,(H2,26,27,29)/b15-13+/t25-/m1/s1. The Kier molecular flexibility index (Phi) is 6.44. The first-order chi connectivity index (χ1) is 15.9. The first-order valence-corrected chi connectivity index (χ1v) is 13.6. The summed E-state index contributed by atoms with van der Waals surface area (Å²) >= 11 is 0. The van der Waals surface area contributed by atoms with E-state index in [0.29, 0.717) is 13.0 Å². The van der Waals surface area contributed by atoms with Gasteiger partial charge in [0, 0.05) is 17.6 Å². The molecular weight excluding hydrogens is 454 g/mol. The van der Waals surface area contributed by atoms with Crippen LogP contribution in [0.2, 0.25) is 0 Å². The summed E-state index contributed by atoms with van der Waals surface area (Å²) in [7, 11) is -4.06. The predicted octanol–water partition coefficient (Wildman–Crippen LogP) is 4.42. The molecule has 0 spiro atoms. The lowest BCUT2D eigenvalue weighted by atomic mass is 9.99. The maximum Gasteiger partial charge on any atom is 0.410 e. The van der Waals surface area contributed by atoms with Crippen molar-refractivity contribution in [3.63, 3.8) is 0 Å². The maximum absolute atomic E-state index is 12.7. The molecule has 1 heterocycles. The van der Waals surface area contributed by atoms with E-state index < -0.39 is 33.3 Å². The first-order valence-electron chi connectivity index (χ1n) is 12.1. The summed E-state index contributed by atoms with van der Waals surface area (Å²) in [6.07, 6.45) is 8.19. The number of nitrogens with one attached hydrogen (secondary N) is 2. The molecule has 186 valence electrons. The van der Waals surface area contributed by atoms with E-state index >= 15 is 0 Å². The Morgan fingerprint density at radius 3 is 2.26 bits per heavy atom. The zero-order chi connectivity index (χ0) is 24.7. The van der Waals surface area contributed by atoms with E-state index in [0.717, 1.165) is 67.2 Å². The van der Waals surface area contributed by atoms with Gasteiger partial charge >= 0.3 is 12.1 Å². The van der Waals surface area contributed by atoms with E-state index in [1.54, 1.807) is 32.6 Å². The zero-order valence-corrected chi connectivity index (χ0v) is 21.3. The minimum absolute atomic E-state index is 0.480. The molecule has 4 rings (SSSR count). The van der Waals surface area contributed by atoms with Crippen molar-refractivity contribution in [2.75, 3.05) is 11.9 Å². The lowest BCUT2D eigenvalue weighted by molar-refractivity contribution is 0.0169. The Morgan fingerprint density at radius 1 is 1.06 bits per heavy atom. The Morgan fingerprint density at radius 2 is 1.68 bits per heavy atom. The number of carbonyl (C=O) groups excluding carboxylic acids is 2. The van der Waals surface area contributed by atoms with Gasteiger partial charge < -0.3 is 10.1 Å². The van der Waals surface area contributed by atoms with Crippen molar-refractivity contribution in [2.45, 2.75) is 90.2 Å². The molecule has 0 radical (unpaired) electrons. The lowest BCUT2D eigenvalue weighted by Crippen LogP contribution is -2.46. The molecule has 0 aromatic heterocycles. The number of aryl methyl sites for hydroxylation is 2. The van der Waals surface area contributed by atoms with Crippen LogP contribution in [0.15, 0.2) is 17.6 Å². The number of ether oxygens (including phenoxy) is 1. The fraction of sp³-hybridized carbons (Fsp3) is 0.600. The molecule has 3 amide bonds. The van der Waals surface area contributed by atoms with Crippen molar-refractivity contribution < 1.29 is 22.7 Å². The predicted molar refractivity (Wildman–Crippen MR) is 131 cm³/mol. The van der Waals surface area contributed by atoms with Crippen LogP contribution in [0.4, 0.5) is 15.3 Å². The number of benzene rings is 1. The molecule has 8 nitrogen and oxygen atoms in total. The summed E-state index contributed by atoms with van der Waals surface area (Å²) in [5, 5.41) is 3.82. The monoisotopic (exact) mass is 489 g/mol. The number of likely N-dealkylation sites (tertiary alicyclic amines) is 1. The fourth-order valence-electron chi connectivity index (χ4n) is 5.28. The number of hydrogen-bond acceptors (Lipinski definition) is 5. The third-order valence-electron chi connectivity index (χ3n) is 6.85. The highest BCUT2D eigenvalue weighted by molar-refractivity contribution is 7.92. The molecule has 1 atom stereocenters. The van der Waals surface area contributed by atoms with Crippen LogP contribution >= 0.6 is 0 Å². The Hall–Kier alpha value is -2.55. The number of amides is 3. The van der Waals surface area contributed by atoms with Crippen LogP contribution in [0.3, 0.4) is 0 Å². The number of nitrogens with zero attached hydrogens (tertiary/aromatic N) is 1. The average Bonchev–Trinajstić information content (AvgIpc) is 3.44. The van der Waals surface area contributed by atoms with Gasteiger partial charge in [-0.05, 0) is 107 Å². The molecule has 9 heteroatoms. The van der Waals surface area contributed by atoms with E-state index in [-0.39, 0.29) is 0 Å². The molecule has 1 aromatic rings. The average molecular weight is 490 g/mol. The summed E-state index contributed by atoms with van der Waals surface area (Å²) in [6.45, 7) is 7.65. The number of hydrogen-bond donors (Lipinski definition) is 2. The third-order valence-corrected chi connectivity index (χ3v) is 7.81. The number of rotatable bonds is 4. The van der Waals surface area contributed by atoms with Gasteiger partial charge in [0.05, 0.1) is 5.54 Å². The number of anilines is 1. The fourth-order valence-corrected chi connectivity index (χ4v) is 6.13. The van der Waals surface area contributed by atoms with Gasteiger partial charge in [0.1, 0.15) is 5.60 Å². The number of carbonyl (C=O) groups is 2. The molecule has 3 aliphatic rings. The highest BCUT2D eigenvalue weighted by atomic mass is 32.2. The first kappa shape index (κ1) is 24.6. The Labute approximate surface area is 202 Å². The van der Waals surface area contributed by atoms with Gasteiger partial charge in [-0.2, -0.15) is 0 Å². The van der Waals surface area contributed by atoms with E-state index in [2.05, 4.69) is 16.1 Å².